The molecular weight excluding hydrogens is 398 g/mol. The Morgan fingerprint density at radius 2 is 1.97 bits per heavy atom. The highest BCUT2D eigenvalue weighted by Gasteiger charge is 2.29. The smallest absolute Gasteiger partial charge is 0.341 e. The van der Waals surface area contributed by atoms with Gasteiger partial charge in [-0.2, -0.15) is 0 Å². The van der Waals surface area contributed by atoms with Crippen LogP contribution in [0, 0.1) is 5.92 Å². The molecule has 0 saturated heterocycles. The Bertz CT molecular complexity index is 949. The van der Waals surface area contributed by atoms with Crippen molar-refractivity contribution < 1.29 is 19.1 Å². The Labute approximate surface area is 181 Å². The Balaban J connectivity index is 1.45. The van der Waals surface area contributed by atoms with Crippen LogP contribution in [0.25, 0.3) is 0 Å². The molecule has 2 aliphatic rings. The first-order valence-corrected chi connectivity index (χ1v) is 11.7. The molecule has 1 aromatic heterocycles. The van der Waals surface area contributed by atoms with Gasteiger partial charge in [0.2, 0.25) is 0 Å². The molecule has 0 saturated carbocycles. The van der Waals surface area contributed by atoms with Crippen LogP contribution in [-0.2, 0) is 35.2 Å². The van der Waals surface area contributed by atoms with Crippen LogP contribution < -0.4 is 10.1 Å². The zero-order chi connectivity index (χ0) is 21.1. The predicted octanol–water partition coefficient (Wildman–Crippen LogP) is 4.95. The van der Waals surface area contributed by atoms with Crippen molar-refractivity contribution in [2.24, 2.45) is 5.92 Å². The van der Waals surface area contributed by atoms with Crippen molar-refractivity contribution in [1.29, 1.82) is 0 Å². The third-order valence-corrected chi connectivity index (χ3v) is 7.10. The van der Waals surface area contributed by atoms with Crippen LogP contribution in [0.15, 0.2) is 18.2 Å². The first kappa shape index (κ1) is 20.9. The zero-order valence-corrected chi connectivity index (χ0v) is 18.5. The van der Waals surface area contributed by atoms with Gasteiger partial charge < -0.3 is 14.8 Å². The summed E-state index contributed by atoms with van der Waals surface area (Å²) in [6.45, 7) is 4.25. The molecule has 0 aliphatic heterocycles. The molecule has 1 aromatic carbocycles. The number of aryl methyl sites for hydroxylation is 2. The maximum absolute atomic E-state index is 12.6. The summed E-state index contributed by atoms with van der Waals surface area (Å²) in [5.41, 5.74) is 4.28. The van der Waals surface area contributed by atoms with E-state index in [1.807, 2.05) is 6.07 Å². The van der Waals surface area contributed by atoms with Crippen LogP contribution in [0.3, 0.4) is 0 Å². The van der Waals surface area contributed by atoms with Crippen LogP contribution in [0.4, 0.5) is 5.00 Å². The first-order chi connectivity index (χ1) is 14.5. The van der Waals surface area contributed by atoms with E-state index in [1.54, 1.807) is 6.92 Å². The van der Waals surface area contributed by atoms with Gasteiger partial charge in [0.1, 0.15) is 10.8 Å². The minimum Gasteiger partial charge on any atom is -0.484 e. The lowest BCUT2D eigenvalue weighted by Gasteiger charge is -2.18. The average Bonchev–Trinajstić information content (AvgIpc) is 3.09. The van der Waals surface area contributed by atoms with Gasteiger partial charge in [-0.25, -0.2) is 4.79 Å². The van der Waals surface area contributed by atoms with Gasteiger partial charge in [-0.3, -0.25) is 4.79 Å². The van der Waals surface area contributed by atoms with E-state index in [9.17, 15) is 9.59 Å². The van der Waals surface area contributed by atoms with Gasteiger partial charge in [0, 0.05) is 4.88 Å². The second-order valence-electron chi connectivity index (χ2n) is 8.25. The van der Waals surface area contributed by atoms with Crippen LogP contribution in [-0.4, -0.2) is 25.1 Å². The highest BCUT2D eigenvalue weighted by Crippen LogP contribution is 2.40. The van der Waals surface area contributed by atoms with Gasteiger partial charge >= 0.3 is 5.97 Å². The number of hydrogen-bond acceptors (Lipinski definition) is 5. The maximum Gasteiger partial charge on any atom is 0.341 e. The van der Waals surface area contributed by atoms with E-state index < -0.39 is 0 Å². The molecule has 1 N–H and O–H groups in total. The van der Waals surface area contributed by atoms with Gasteiger partial charge in [0.25, 0.3) is 5.91 Å². The highest BCUT2D eigenvalue weighted by atomic mass is 32.1. The number of amides is 1. The molecule has 1 heterocycles. The number of rotatable bonds is 6. The standard InChI is InChI=1S/C24H29NO4S/c1-3-28-24(27)22-19-11-8-15(2)12-20(19)30-23(22)25-21(26)14-29-18-10-9-16-6-4-5-7-17(16)13-18/h9-10,13,15H,3-8,11-12,14H2,1-2H3,(H,25,26). The number of anilines is 1. The lowest BCUT2D eigenvalue weighted by Crippen LogP contribution is -2.21. The molecule has 6 heteroatoms. The molecule has 2 aliphatic carbocycles. The lowest BCUT2D eigenvalue weighted by atomic mass is 9.88. The number of carbonyl (C=O) groups excluding carboxylic acids is 2. The summed E-state index contributed by atoms with van der Waals surface area (Å²) in [6.07, 6.45) is 7.47. The van der Waals surface area contributed by atoms with E-state index in [1.165, 1.54) is 40.2 Å². The summed E-state index contributed by atoms with van der Waals surface area (Å²) in [5.74, 6) is 0.693. The fraction of sp³-hybridized carbons (Fsp3) is 0.500. The highest BCUT2D eigenvalue weighted by molar-refractivity contribution is 7.17. The molecule has 0 bridgehead atoms. The Hall–Kier alpha value is -2.34. The number of fused-ring (bicyclic) bond motifs is 2. The van der Waals surface area contributed by atoms with Crippen molar-refractivity contribution in [2.45, 2.75) is 58.8 Å². The molecular formula is C24H29NO4S. The van der Waals surface area contributed by atoms with Crippen molar-refractivity contribution in [1.82, 2.24) is 0 Å². The van der Waals surface area contributed by atoms with E-state index in [2.05, 4.69) is 24.4 Å². The van der Waals surface area contributed by atoms with Gasteiger partial charge in [-0.15, -0.1) is 11.3 Å². The van der Waals surface area contributed by atoms with E-state index >= 15 is 0 Å². The summed E-state index contributed by atoms with van der Waals surface area (Å²) in [4.78, 5) is 26.4. The summed E-state index contributed by atoms with van der Waals surface area (Å²) in [7, 11) is 0. The second-order valence-corrected chi connectivity index (χ2v) is 9.36. The van der Waals surface area contributed by atoms with Gasteiger partial charge in [0.15, 0.2) is 6.61 Å². The Morgan fingerprint density at radius 1 is 1.17 bits per heavy atom. The number of esters is 1. The normalized spacial score (nSPS) is 17.6. The molecule has 30 heavy (non-hydrogen) atoms. The molecule has 4 rings (SSSR count). The number of carbonyl (C=O) groups is 2. The summed E-state index contributed by atoms with van der Waals surface area (Å²) in [6, 6.07) is 6.10. The van der Waals surface area contributed by atoms with Crippen molar-refractivity contribution in [3.8, 4) is 5.75 Å². The SMILES string of the molecule is CCOC(=O)c1c(NC(=O)COc2ccc3c(c2)CCCC3)sc2c1CCC(C)C2. The molecule has 2 aromatic rings. The Morgan fingerprint density at radius 3 is 2.77 bits per heavy atom. The molecule has 1 unspecified atom stereocenters. The van der Waals surface area contributed by atoms with Crippen molar-refractivity contribution >= 4 is 28.2 Å². The summed E-state index contributed by atoms with van der Waals surface area (Å²) < 4.78 is 11.0. The molecule has 0 radical (unpaired) electrons. The third-order valence-electron chi connectivity index (χ3n) is 5.93. The molecule has 5 nitrogen and oxygen atoms in total. The minimum atomic E-state index is -0.351. The largest absolute Gasteiger partial charge is 0.484 e. The first-order valence-electron chi connectivity index (χ1n) is 10.9. The number of hydrogen-bond donors (Lipinski definition) is 1. The number of ether oxygens (including phenoxy) is 2. The van der Waals surface area contributed by atoms with E-state index in [4.69, 9.17) is 9.47 Å². The van der Waals surface area contributed by atoms with Gasteiger partial charge in [-0.1, -0.05) is 13.0 Å². The minimum absolute atomic E-state index is 0.0833. The zero-order valence-electron chi connectivity index (χ0n) is 17.7. The van der Waals surface area contributed by atoms with E-state index in [-0.39, 0.29) is 18.5 Å². The van der Waals surface area contributed by atoms with E-state index in [0.29, 0.717) is 23.1 Å². The van der Waals surface area contributed by atoms with Gasteiger partial charge in [0.05, 0.1) is 12.2 Å². The predicted molar refractivity (Wildman–Crippen MR) is 119 cm³/mol. The monoisotopic (exact) mass is 427 g/mol. The Kier molecular flexibility index (Phi) is 6.42. The lowest BCUT2D eigenvalue weighted by molar-refractivity contribution is -0.118. The van der Waals surface area contributed by atoms with Crippen molar-refractivity contribution in [2.75, 3.05) is 18.5 Å². The van der Waals surface area contributed by atoms with Crippen molar-refractivity contribution in [3.63, 3.8) is 0 Å². The molecule has 0 spiro atoms. The van der Waals surface area contributed by atoms with E-state index in [0.717, 1.165) is 43.4 Å². The third kappa shape index (κ3) is 4.53. The fourth-order valence-corrected chi connectivity index (χ4v) is 5.78. The topological polar surface area (TPSA) is 64.6 Å². The van der Waals surface area contributed by atoms with Crippen LogP contribution in [0.2, 0.25) is 0 Å². The van der Waals surface area contributed by atoms with Crippen LogP contribution in [0.1, 0.15) is 65.0 Å². The van der Waals surface area contributed by atoms with Gasteiger partial charge in [-0.05, 0) is 86.6 Å². The fourth-order valence-electron chi connectivity index (χ4n) is 4.37. The molecule has 0 fully saturated rings. The molecule has 1 atom stereocenters. The molecule has 160 valence electrons. The quantitative estimate of drug-likeness (QED) is 0.663. The average molecular weight is 428 g/mol. The number of benzene rings is 1. The van der Waals surface area contributed by atoms with Crippen molar-refractivity contribution in [3.05, 3.63) is 45.3 Å². The summed E-state index contributed by atoms with van der Waals surface area (Å²) >= 11 is 1.50. The maximum atomic E-state index is 12.6. The number of nitrogens with one attached hydrogen (secondary N) is 1. The molecule has 1 amide bonds. The second kappa shape index (κ2) is 9.21. The summed E-state index contributed by atoms with van der Waals surface area (Å²) in [5, 5.41) is 3.50. The number of thiophene rings is 1. The van der Waals surface area contributed by atoms with Crippen LogP contribution >= 0.6 is 11.3 Å². The van der Waals surface area contributed by atoms with Crippen LogP contribution in [0.5, 0.6) is 5.75 Å².